The third kappa shape index (κ3) is 1.79. The van der Waals surface area contributed by atoms with Gasteiger partial charge in [0.2, 0.25) is 0 Å². The standard InChI is InChI=1S/C9H15NS/c1-2-4-8(5-3-1)9-10-6-7-11-9/h1-2,8-10H,3-7H2/t8-,9+/m0/s1. The van der Waals surface area contributed by atoms with Gasteiger partial charge in [-0.05, 0) is 25.2 Å². The van der Waals surface area contributed by atoms with Crippen molar-refractivity contribution in [2.45, 2.75) is 24.6 Å². The molecule has 1 nitrogen and oxygen atoms in total. The van der Waals surface area contributed by atoms with E-state index in [2.05, 4.69) is 29.2 Å². The summed E-state index contributed by atoms with van der Waals surface area (Å²) >= 11 is 2.10. The average molecular weight is 169 g/mol. The zero-order valence-electron chi connectivity index (χ0n) is 6.75. The lowest BCUT2D eigenvalue weighted by atomic mass is 9.94. The fourth-order valence-electron chi connectivity index (χ4n) is 1.84. The minimum atomic E-state index is 0.764. The maximum absolute atomic E-state index is 3.56. The molecule has 0 aromatic rings. The molecule has 0 radical (unpaired) electrons. The van der Waals surface area contributed by atoms with Gasteiger partial charge in [-0.2, -0.15) is 0 Å². The number of thioether (sulfide) groups is 1. The van der Waals surface area contributed by atoms with Gasteiger partial charge in [-0.1, -0.05) is 12.2 Å². The topological polar surface area (TPSA) is 12.0 Å². The van der Waals surface area contributed by atoms with Crippen LogP contribution in [0.4, 0.5) is 0 Å². The van der Waals surface area contributed by atoms with Gasteiger partial charge in [0.25, 0.3) is 0 Å². The average Bonchev–Trinajstić information content (AvgIpc) is 2.58. The number of hydrogen-bond acceptors (Lipinski definition) is 2. The lowest BCUT2D eigenvalue weighted by Gasteiger charge is -2.23. The first-order chi connectivity index (χ1) is 5.47. The van der Waals surface area contributed by atoms with Crippen molar-refractivity contribution in [1.29, 1.82) is 0 Å². The molecule has 0 bridgehead atoms. The van der Waals surface area contributed by atoms with E-state index in [1.54, 1.807) is 0 Å². The summed E-state index contributed by atoms with van der Waals surface area (Å²) in [5.41, 5.74) is 0. The molecule has 0 aromatic heterocycles. The van der Waals surface area contributed by atoms with Gasteiger partial charge in [0.05, 0.1) is 5.37 Å². The smallest absolute Gasteiger partial charge is 0.0564 e. The first-order valence-electron chi connectivity index (χ1n) is 4.47. The van der Waals surface area contributed by atoms with Gasteiger partial charge < -0.3 is 5.32 Å². The van der Waals surface area contributed by atoms with Gasteiger partial charge in [-0.25, -0.2) is 0 Å². The van der Waals surface area contributed by atoms with Crippen molar-refractivity contribution < 1.29 is 0 Å². The lowest BCUT2D eigenvalue weighted by molar-refractivity contribution is 0.429. The van der Waals surface area contributed by atoms with E-state index >= 15 is 0 Å². The van der Waals surface area contributed by atoms with Gasteiger partial charge in [-0.3, -0.25) is 0 Å². The molecule has 62 valence electrons. The molecule has 1 saturated heterocycles. The summed E-state index contributed by atoms with van der Waals surface area (Å²) in [5, 5.41) is 4.32. The SMILES string of the molecule is C1=CC[C@H]([C@@H]2NCCS2)CC1. The van der Waals surface area contributed by atoms with Crippen LogP contribution >= 0.6 is 11.8 Å². The first-order valence-corrected chi connectivity index (χ1v) is 5.52. The summed E-state index contributed by atoms with van der Waals surface area (Å²) in [6.07, 6.45) is 8.64. The summed E-state index contributed by atoms with van der Waals surface area (Å²) in [6.45, 7) is 1.22. The molecule has 2 heteroatoms. The molecule has 0 saturated carbocycles. The van der Waals surface area contributed by atoms with Crippen molar-refractivity contribution in [3.05, 3.63) is 12.2 Å². The molecule has 2 aliphatic rings. The minimum Gasteiger partial charge on any atom is -0.304 e. The molecule has 0 aromatic carbocycles. The number of rotatable bonds is 1. The van der Waals surface area contributed by atoms with E-state index in [1.165, 1.54) is 31.6 Å². The zero-order chi connectivity index (χ0) is 7.52. The first kappa shape index (κ1) is 7.69. The summed E-state index contributed by atoms with van der Waals surface area (Å²) < 4.78 is 0. The maximum Gasteiger partial charge on any atom is 0.0564 e. The van der Waals surface area contributed by atoms with E-state index in [0.717, 1.165) is 11.3 Å². The minimum absolute atomic E-state index is 0.764. The maximum atomic E-state index is 3.56. The number of hydrogen-bond donors (Lipinski definition) is 1. The Morgan fingerprint density at radius 1 is 1.36 bits per heavy atom. The molecule has 2 rings (SSSR count). The predicted octanol–water partition coefficient (Wildman–Crippen LogP) is 2.01. The third-order valence-corrected chi connectivity index (χ3v) is 3.83. The van der Waals surface area contributed by atoms with E-state index in [-0.39, 0.29) is 0 Å². The Balaban J connectivity index is 1.88. The van der Waals surface area contributed by atoms with Gasteiger partial charge in [0, 0.05) is 12.3 Å². The van der Waals surface area contributed by atoms with Crippen LogP contribution in [0.5, 0.6) is 0 Å². The van der Waals surface area contributed by atoms with Gasteiger partial charge in [0.1, 0.15) is 0 Å². The Bertz CT molecular complexity index is 150. The van der Waals surface area contributed by atoms with Crippen LogP contribution in [0, 0.1) is 5.92 Å². The van der Waals surface area contributed by atoms with Crippen LogP contribution in [0.2, 0.25) is 0 Å². The van der Waals surface area contributed by atoms with Gasteiger partial charge in [-0.15, -0.1) is 11.8 Å². The van der Waals surface area contributed by atoms with Crippen LogP contribution in [0.15, 0.2) is 12.2 Å². The zero-order valence-corrected chi connectivity index (χ0v) is 7.57. The Labute approximate surface area is 72.6 Å². The molecule has 1 aliphatic carbocycles. The van der Waals surface area contributed by atoms with Crippen LogP contribution in [-0.2, 0) is 0 Å². The van der Waals surface area contributed by atoms with Crippen molar-refractivity contribution >= 4 is 11.8 Å². The third-order valence-electron chi connectivity index (χ3n) is 2.48. The van der Waals surface area contributed by atoms with Crippen molar-refractivity contribution in [1.82, 2.24) is 5.32 Å². The number of allylic oxidation sites excluding steroid dienone is 2. The van der Waals surface area contributed by atoms with E-state index in [0.29, 0.717) is 0 Å². The normalized spacial score (nSPS) is 37.8. The van der Waals surface area contributed by atoms with E-state index < -0.39 is 0 Å². The second-order valence-corrected chi connectivity index (χ2v) is 4.54. The second kappa shape index (κ2) is 3.63. The Morgan fingerprint density at radius 2 is 2.36 bits per heavy atom. The Morgan fingerprint density at radius 3 is 3.00 bits per heavy atom. The molecule has 0 amide bonds. The molecule has 0 unspecified atom stereocenters. The number of nitrogens with one attached hydrogen (secondary N) is 1. The van der Waals surface area contributed by atoms with Crippen molar-refractivity contribution in [3.63, 3.8) is 0 Å². The Kier molecular flexibility index (Phi) is 2.54. The van der Waals surface area contributed by atoms with Crippen molar-refractivity contribution in [3.8, 4) is 0 Å². The fraction of sp³-hybridized carbons (Fsp3) is 0.778. The van der Waals surface area contributed by atoms with E-state index in [1.807, 2.05) is 0 Å². The molecule has 0 spiro atoms. The lowest BCUT2D eigenvalue weighted by Crippen LogP contribution is -2.28. The monoisotopic (exact) mass is 169 g/mol. The highest BCUT2D eigenvalue weighted by atomic mass is 32.2. The van der Waals surface area contributed by atoms with Crippen molar-refractivity contribution in [2.24, 2.45) is 5.92 Å². The highest BCUT2D eigenvalue weighted by Crippen LogP contribution is 2.30. The molecule has 1 N–H and O–H groups in total. The van der Waals surface area contributed by atoms with Crippen LogP contribution in [0.3, 0.4) is 0 Å². The van der Waals surface area contributed by atoms with Gasteiger partial charge >= 0.3 is 0 Å². The van der Waals surface area contributed by atoms with E-state index in [9.17, 15) is 0 Å². The van der Waals surface area contributed by atoms with Crippen LogP contribution < -0.4 is 5.32 Å². The molecular weight excluding hydrogens is 154 g/mol. The van der Waals surface area contributed by atoms with Crippen LogP contribution in [0.1, 0.15) is 19.3 Å². The highest BCUT2D eigenvalue weighted by Gasteiger charge is 2.24. The van der Waals surface area contributed by atoms with Crippen molar-refractivity contribution in [2.75, 3.05) is 12.3 Å². The Hall–Kier alpha value is 0.0500. The van der Waals surface area contributed by atoms with Crippen LogP contribution in [0.25, 0.3) is 0 Å². The molecule has 1 fully saturated rings. The second-order valence-electron chi connectivity index (χ2n) is 3.29. The highest BCUT2D eigenvalue weighted by molar-refractivity contribution is 8.00. The fourth-order valence-corrected chi connectivity index (χ4v) is 3.09. The van der Waals surface area contributed by atoms with Crippen LogP contribution in [-0.4, -0.2) is 17.7 Å². The molecule has 11 heavy (non-hydrogen) atoms. The van der Waals surface area contributed by atoms with E-state index in [4.69, 9.17) is 0 Å². The quantitative estimate of drug-likeness (QED) is 0.603. The molecule has 2 atom stereocenters. The summed E-state index contributed by atoms with van der Waals surface area (Å²) in [5.74, 6) is 2.22. The predicted molar refractivity (Wildman–Crippen MR) is 50.7 cm³/mol. The summed E-state index contributed by atoms with van der Waals surface area (Å²) in [7, 11) is 0. The molecular formula is C9H15NS. The van der Waals surface area contributed by atoms with Gasteiger partial charge in [0.15, 0.2) is 0 Å². The largest absolute Gasteiger partial charge is 0.304 e. The molecule has 1 aliphatic heterocycles. The summed E-state index contributed by atoms with van der Waals surface area (Å²) in [4.78, 5) is 0. The summed E-state index contributed by atoms with van der Waals surface area (Å²) in [6, 6.07) is 0. The molecule has 1 heterocycles.